The smallest absolute Gasteiger partial charge is 0.259 e. The zero-order valence-corrected chi connectivity index (χ0v) is 17.5. The molecule has 2 aromatic carbocycles. The van der Waals surface area contributed by atoms with E-state index in [2.05, 4.69) is 5.32 Å². The number of rotatable bonds is 6. The second-order valence-electron chi connectivity index (χ2n) is 6.86. The summed E-state index contributed by atoms with van der Waals surface area (Å²) in [5, 5.41) is 2.77. The zero-order valence-electron chi connectivity index (χ0n) is 16.7. The molecule has 1 aliphatic heterocycles. The highest BCUT2D eigenvalue weighted by atomic mass is 32.2. The van der Waals surface area contributed by atoms with Crippen LogP contribution in [0.25, 0.3) is 0 Å². The van der Waals surface area contributed by atoms with Crippen LogP contribution in [0.2, 0.25) is 0 Å². The Kier molecular flexibility index (Phi) is 6.76. The molecule has 0 radical (unpaired) electrons. The number of hydrogen-bond acceptors (Lipinski definition) is 5. The first-order chi connectivity index (χ1) is 14.0. The van der Waals surface area contributed by atoms with Crippen molar-refractivity contribution in [2.24, 2.45) is 0 Å². The van der Waals surface area contributed by atoms with E-state index in [1.165, 1.54) is 29.6 Å². The van der Waals surface area contributed by atoms with Crippen LogP contribution in [0.3, 0.4) is 0 Å². The highest BCUT2D eigenvalue weighted by Crippen LogP contribution is 2.27. The molecule has 0 bridgehead atoms. The SMILES string of the molecule is COc1ccc(NC(=O)c2cc(S(=O)(=O)N3CCCCCC3)ccc2OC)cc1. The lowest BCUT2D eigenvalue weighted by atomic mass is 10.2. The van der Waals surface area contributed by atoms with Crippen LogP contribution in [0.15, 0.2) is 47.4 Å². The standard InChI is InChI=1S/C21H26N2O5S/c1-27-17-9-7-16(8-10-17)22-21(24)19-15-18(11-12-20(19)28-2)29(25,26)23-13-5-3-4-6-14-23/h7-12,15H,3-6,13-14H2,1-2H3,(H,22,24). The van der Waals surface area contributed by atoms with Crippen LogP contribution in [-0.4, -0.2) is 45.9 Å². The second kappa shape index (κ2) is 9.28. The van der Waals surface area contributed by atoms with Gasteiger partial charge >= 0.3 is 0 Å². The summed E-state index contributed by atoms with van der Waals surface area (Å²) in [6.07, 6.45) is 3.76. The molecule has 0 aliphatic carbocycles. The van der Waals surface area contributed by atoms with Gasteiger partial charge in [0.2, 0.25) is 10.0 Å². The Morgan fingerprint density at radius 3 is 2.17 bits per heavy atom. The lowest BCUT2D eigenvalue weighted by Gasteiger charge is -2.20. The fraction of sp³-hybridized carbons (Fsp3) is 0.381. The Morgan fingerprint density at radius 1 is 0.931 bits per heavy atom. The predicted molar refractivity (Wildman–Crippen MR) is 111 cm³/mol. The Balaban J connectivity index is 1.88. The minimum Gasteiger partial charge on any atom is -0.497 e. The summed E-state index contributed by atoms with van der Waals surface area (Å²) in [4.78, 5) is 12.9. The molecule has 1 heterocycles. The number of sulfonamides is 1. The van der Waals surface area contributed by atoms with Crippen molar-refractivity contribution in [3.8, 4) is 11.5 Å². The van der Waals surface area contributed by atoms with E-state index in [0.29, 0.717) is 30.3 Å². The lowest BCUT2D eigenvalue weighted by molar-refractivity contribution is 0.102. The molecule has 0 unspecified atom stereocenters. The van der Waals surface area contributed by atoms with Crippen molar-refractivity contribution < 1.29 is 22.7 Å². The summed E-state index contributed by atoms with van der Waals surface area (Å²) in [6.45, 7) is 1.00. The van der Waals surface area contributed by atoms with Gasteiger partial charge in [-0.05, 0) is 55.3 Å². The first kappa shape index (κ1) is 21.1. The summed E-state index contributed by atoms with van der Waals surface area (Å²) >= 11 is 0. The van der Waals surface area contributed by atoms with Gasteiger partial charge in [-0.1, -0.05) is 12.8 Å². The Hall–Kier alpha value is -2.58. The summed E-state index contributed by atoms with van der Waals surface area (Å²) in [5.41, 5.74) is 0.734. The summed E-state index contributed by atoms with van der Waals surface area (Å²) in [5.74, 6) is 0.539. The van der Waals surface area contributed by atoms with Crippen LogP contribution in [0, 0.1) is 0 Å². The van der Waals surface area contributed by atoms with Gasteiger partial charge in [0.25, 0.3) is 5.91 Å². The van der Waals surface area contributed by atoms with Gasteiger partial charge in [-0.15, -0.1) is 0 Å². The average molecular weight is 419 g/mol. The maximum absolute atomic E-state index is 13.1. The highest BCUT2D eigenvalue weighted by Gasteiger charge is 2.27. The van der Waals surface area contributed by atoms with E-state index in [-0.39, 0.29) is 10.5 Å². The summed E-state index contributed by atoms with van der Waals surface area (Å²) in [7, 11) is -0.656. The molecule has 2 aromatic rings. The van der Waals surface area contributed by atoms with Crippen LogP contribution < -0.4 is 14.8 Å². The Bertz CT molecular complexity index is 950. The molecule has 0 spiro atoms. The third-order valence-corrected chi connectivity index (χ3v) is 6.86. The number of hydrogen-bond donors (Lipinski definition) is 1. The molecule has 156 valence electrons. The molecule has 1 N–H and O–H groups in total. The molecular formula is C21H26N2O5S. The molecule has 0 saturated carbocycles. The number of nitrogens with one attached hydrogen (secondary N) is 1. The first-order valence-corrected chi connectivity index (χ1v) is 11.0. The van der Waals surface area contributed by atoms with Gasteiger partial charge in [0, 0.05) is 18.8 Å². The highest BCUT2D eigenvalue weighted by molar-refractivity contribution is 7.89. The maximum Gasteiger partial charge on any atom is 0.259 e. The molecule has 1 amide bonds. The second-order valence-corrected chi connectivity index (χ2v) is 8.80. The maximum atomic E-state index is 13.1. The number of methoxy groups -OCH3 is 2. The number of carbonyl (C=O) groups is 1. The van der Waals surface area contributed by atoms with E-state index in [9.17, 15) is 13.2 Å². The molecule has 29 heavy (non-hydrogen) atoms. The zero-order chi connectivity index (χ0) is 20.9. The molecule has 8 heteroatoms. The fourth-order valence-electron chi connectivity index (χ4n) is 3.33. The molecule has 7 nitrogen and oxygen atoms in total. The lowest BCUT2D eigenvalue weighted by Crippen LogP contribution is -2.32. The van der Waals surface area contributed by atoms with Crippen LogP contribution in [0.1, 0.15) is 36.0 Å². The van der Waals surface area contributed by atoms with E-state index in [1.807, 2.05) is 0 Å². The van der Waals surface area contributed by atoms with Crippen molar-refractivity contribution in [3.05, 3.63) is 48.0 Å². The molecule has 0 aromatic heterocycles. The molecule has 1 saturated heterocycles. The molecule has 1 fully saturated rings. The third kappa shape index (κ3) is 4.89. The molecule has 0 atom stereocenters. The topological polar surface area (TPSA) is 84.9 Å². The van der Waals surface area contributed by atoms with E-state index < -0.39 is 15.9 Å². The van der Waals surface area contributed by atoms with Gasteiger partial charge in [0.05, 0.1) is 24.7 Å². The van der Waals surface area contributed by atoms with E-state index in [0.717, 1.165) is 25.7 Å². The Labute approximate surface area is 171 Å². The van der Waals surface area contributed by atoms with Gasteiger partial charge in [0.1, 0.15) is 11.5 Å². The van der Waals surface area contributed by atoms with Crippen molar-refractivity contribution in [1.29, 1.82) is 0 Å². The largest absolute Gasteiger partial charge is 0.497 e. The molecule has 3 rings (SSSR count). The van der Waals surface area contributed by atoms with Crippen molar-refractivity contribution in [3.63, 3.8) is 0 Å². The van der Waals surface area contributed by atoms with Gasteiger partial charge in [0.15, 0.2) is 0 Å². The van der Waals surface area contributed by atoms with Crippen molar-refractivity contribution >= 4 is 21.6 Å². The average Bonchev–Trinajstić information content (AvgIpc) is 3.04. The molecule has 1 aliphatic rings. The molecular weight excluding hydrogens is 392 g/mol. The number of ether oxygens (including phenoxy) is 2. The normalized spacial score (nSPS) is 15.4. The van der Waals surface area contributed by atoms with Crippen LogP contribution in [0.4, 0.5) is 5.69 Å². The monoisotopic (exact) mass is 418 g/mol. The minimum atomic E-state index is -3.67. The van der Waals surface area contributed by atoms with Gasteiger partial charge in [-0.3, -0.25) is 4.79 Å². The van der Waals surface area contributed by atoms with E-state index in [4.69, 9.17) is 9.47 Å². The van der Waals surface area contributed by atoms with Gasteiger partial charge in [-0.2, -0.15) is 4.31 Å². The summed E-state index contributed by atoms with van der Waals surface area (Å²) in [6, 6.07) is 11.3. The minimum absolute atomic E-state index is 0.0973. The predicted octanol–water partition coefficient (Wildman–Crippen LogP) is 3.52. The van der Waals surface area contributed by atoms with E-state index in [1.54, 1.807) is 31.4 Å². The summed E-state index contributed by atoms with van der Waals surface area (Å²) < 4.78 is 38.1. The number of nitrogens with zero attached hydrogens (tertiary/aromatic N) is 1. The van der Waals surface area contributed by atoms with Crippen molar-refractivity contribution in [2.45, 2.75) is 30.6 Å². The number of benzene rings is 2. The number of carbonyl (C=O) groups excluding carboxylic acids is 1. The van der Waals surface area contributed by atoms with Crippen LogP contribution >= 0.6 is 0 Å². The van der Waals surface area contributed by atoms with Crippen molar-refractivity contribution in [1.82, 2.24) is 4.31 Å². The number of anilines is 1. The number of amides is 1. The van der Waals surface area contributed by atoms with Crippen molar-refractivity contribution in [2.75, 3.05) is 32.6 Å². The van der Waals surface area contributed by atoms with Crippen LogP contribution in [0.5, 0.6) is 11.5 Å². The van der Waals surface area contributed by atoms with E-state index >= 15 is 0 Å². The Morgan fingerprint density at radius 2 is 1.59 bits per heavy atom. The quantitative estimate of drug-likeness (QED) is 0.776. The van der Waals surface area contributed by atoms with Gasteiger partial charge < -0.3 is 14.8 Å². The first-order valence-electron chi connectivity index (χ1n) is 9.59. The van der Waals surface area contributed by atoms with Crippen LogP contribution in [-0.2, 0) is 10.0 Å². The van der Waals surface area contributed by atoms with Gasteiger partial charge in [-0.25, -0.2) is 8.42 Å². The fourth-order valence-corrected chi connectivity index (χ4v) is 4.87. The third-order valence-electron chi connectivity index (χ3n) is 4.97.